The van der Waals surface area contributed by atoms with Crippen molar-refractivity contribution >= 4 is 11.8 Å². The van der Waals surface area contributed by atoms with E-state index in [1.165, 1.54) is 0 Å². The maximum atomic E-state index is 12.8. The van der Waals surface area contributed by atoms with E-state index in [0.717, 1.165) is 11.3 Å². The van der Waals surface area contributed by atoms with E-state index in [1.807, 2.05) is 47.3 Å². The Kier molecular flexibility index (Phi) is 5.26. The van der Waals surface area contributed by atoms with Gasteiger partial charge in [0, 0.05) is 37.6 Å². The first kappa shape index (κ1) is 19.0. The van der Waals surface area contributed by atoms with Gasteiger partial charge in [0.15, 0.2) is 0 Å². The first-order valence-electron chi connectivity index (χ1n) is 9.16. The summed E-state index contributed by atoms with van der Waals surface area (Å²) in [5, 5.41) is 0. The molecular weight excluding hydrogens is 342 g/mol. The smallest absolute Gasteiger partial charge is 0.255 e. The van der Waals surface area contributed by atoms with Gasteiger partial charge in [0.2, 0.25) is 5.91 Å². The van der Waals surface area contributed by atoms with Crippen LogP contribution in [0.15, 0.2) is 42.7 Å². The van der Waals surface area contributed by atoms with Crippen LogP contribution in [0.5, 0.6) is 5.75 Å². The van der Waals surface area contributed by atoms with Crippen LogP contribution in [0.1, 0.15) is 36.7 Å². The van der Waals surface area contributed by atoms with Gasteiger partial charge in [-0.05, 0) is 44.5 Å². The Morgan fingerprint density at radius 2 is 1.96 bits per heavy atom. The third kappa shape index (κ3) is 4.32. The molecule has 0 spiro atoms. The number of aromatic nitrogens is 1. The topological polar surface area (TPSA) is 54.8 Å². The number of hydrogen-bond acceptors (Lipinski definition) is 3. The van der Waals surface area contributed by atoms with E-state index < -0.39 is 0 Å². The second-order valence-corrected chi connectivity index (χ2v) is 7.87. The summed E-state index contributed by atoms with van der Waals surface area (Å²) in [6.07, 6.45) is 3.77. The molecule has 1 aliphatic heterocycles. The van der Waals surface area contributed by atoms with Gasteiger partial charge in [0.1, 0.15) is 12.3 Å². The van der Waals surface area contributed by atoms with Crippen molar-refractivity contribution in [1.82, 2.24) is 14.4 Å². The molecule has 1 aliphatic rings. The molecule has 0 saturated carbocycles. The first-order valence-corrected chi connectivity index (χ1v) is 9.16. The Labute approximate surface area is 160 Å². The van der Waals surface area contributed by atoms with E-state index in [-0.39, 0.29) is 23.9 Å². The quantitative estimate of drug-likeness (QED) is 0.833. The van der Waals surface area contributed by atoms with Crippen LogP contribution in [-0.2, 0) is 16.9 Å². The van der Waals surface area contributed by atoms with Crippen LogP contribution in [-0.4, -0.2) is 52.9 Å². The van der Waals surface area contributed by atoms with Crippen molar-refractivity contribution in [3.05, 3.63) is 53.9 Å². The van der Waals surface area contributed by atoms with Gasteiger partial charge in [-0.25, -0.2) is 0 Å². The van der Waals surface area contributed by atoms with E-state index in [4.69, 9.17) is 4.74 Å². The zero-order chi connectivity index (χ0) is 19.6. The minimum Gasteiger partial charge on any atom is -0.497 e. The second kappa shape index (κ2) is 7.47. The van der Waals surface area contributed by atoms with Crippen LogP contribution >= 0.6 is 0 Å². The van der Waals surface area contributed by atoms with E-state index in [9.17, 15) is 9.59 Å². The molecule has 0 bridgehead atoms. The van der Waals surface area contributed by atoms with Gasteiger partial charge in [-0.3, -0.25) is 9.59 Å². The van der Waals surface area contributed by atoms with Gasteiger partial charge >= 0.3 is 0 Å². The summed E-state index contributed by atoms with van der Waals surface area (Å²) < 4.78 is 7.25. The number of piperazine rings is 1. The normalized spacial score (nSPS) is 15.2. The number of methoxy groups -OCH3 is 1. The van der Waals surface area contributed by atoms with Gasteiger partial charge < -0.3 is 19.1 Å². The summed E-state index contributed by atoms with van der Waals surface area (Å²) in [7, 11) is 1.63. The van der Waals surface area contributed by atoms with Crippen LogP contribution in [0.4, 0.5) is 0 Å². The van der Waals surface area contributed by atoms with Gasteiger partial charge in [0.05, 0.1) is 12.7 Å². The summed E-state index contributed by atoms with van der Waals surface area (Å²) in [5.74, 6) is 0.650. The monoisotopic (exact) mass is 369 g/mol. The van der Waals surface area contributed by atoms with Crippen LogP contribution in [0.25, 0.3) is 0 Å². The van der Waals surface area contributed by atoms with Crippen LogP contribution in [0.2, 0.25) is 0 Å². The fourth-order valence-corrected chi connectivity index (χ4v) is 3.16. The molecule has 0 N–H and O–H groups in total. The van der Waals surface area contributed by atoms with Crippen molar-refractivity contribution in [3.8, 4) is 5.75 Å². The Morgan fingerprint density at radius 3 is 2.59 bits per heavy atom. The fraction of sp³-hybridized carbons (Fsp3) is 0.429. The highest BCUT2D eigenvalue weighted by molar-refractivity contribution is 5.97. The van der Waals surface area contributed by atoms with Gasteiger partial charge in [0.25, 0.3) is 5.91 Å². The van der Waals surface area contributed by atoms with E-state index in [2.05, 4.69) is 20.8 Å². The molecule has 0 unspecified atom stereocenters. The summed E-state index contributed by atoms with van der Waals surface area (Å²) in [6, 6.07) is 9.52. The highest BCUT2D eigenvalue weighted by Crippen LogP contribution is 2.19. The molecule has 2 amide bonds. The third-order valence-electron chi connectivity index (χ3n) is 4.83. The number of carbonyl (C=O) groups excluding carboxylic acids is 2. The number of carbonyl (C=O) groups is 2. The molecule has 0 atom stereocenters. The Bertz CT molecular complexity index is 835. The molecule has 27 heavy (non-hydrogen) atoms. The summed E-state index contributed by atoms with van der Waals surface area (Å²) >= 11 is 0. The van der Waals surface area contributed by atoms with Gasteiger partial charge in [-0.1, -0.05) is 12.1 Å². The zero-order valence-electron chi connectivity index (χ0n) is 16.4. The molecule has 1 saturated heterocycles. The zero-order valence-corrected chi connectivity index (χ0v) is 16.4. The highest BCUT2D eigenvalue weighted by Gasteiger charge is 2.28. The molecule has 1 fully saturated rings. The standard InChI is InChI=1S/C21H27N3O3/c1-21(2,3)24-9-8-17(14-24)20(26)23-11-10-22(19(25)15-23)13-16-6-5-7-18(12-16)27-4/h5-9,12,14H,10-11,13,15H2,1-4H3. The van der Waals surface area contributed by atoms with Crippen LogP contribution in [0, 0.1) is 0 Å². The number of amides is 2. The number of ether oxygens (including phenoxy) is 1. The van der Waals surface area contributed by atoms with Crippen molar-refractivity contribution < 1.29 is 14.3 Å². The Morgan fingerprint density at radius 1 is 1.19 bits per heavy atom. The second-order valence-electron chi connectivity index (χ2n) is 7.87. The lowest BCUT2D eigenvalue weighted by Gasteiger charge is -2.34. The molecule has 2 aromatic rings. The van der Waals surface area contributed by atoms with Crippen molar-refractivity contribution in [3.63, 3.8) is 0 Å². The number of nitrogens with zero attached hydrogens (tertiary/aromatic N) is 3. The number of hydrogen-bond donors (Lipinski definition) is 0. The molecule has 1 aromatic heterocycles. The summed E-state index contributed by atoms with van der Waals surface area (Å²) in [5.41, 5.74) is 1.56. The average Bonchev–Trinajstić information content (AvgIpc) is 3.13. The van der Waals surface area contributed by atoms with Gasteiger partial charge in [-0.15, -0.1) is 0 Å². The lowest BCUT2D eigenvalue weighted by molar-refractivity contribution is -0.135. The summed E-state index contributed by atoms with van der Waals surface area (Å²) in [6.45, 7) is 7.96. The molecule has 0 aliphatic carbocycles. The van der Waals surface area contributed by atoms with Crippen molar-refractivity contribution in [2.75, 3.05) is 26.7 Å². The molecule has 3 rings (SSSR count). The molecular formula is C21H27N3O3. The van der Waals surface area contributed by atoms with Crippen LogP contribution < -0.4 is 4.74 Å². The first-order chi connectivity index (χ1) is 12.8. The van der Waals surface area contributed by atoms with Crippen molar-refractivity contribution in [1.29, 1.82) is 0 Å². The molecule has 1 aromatic carbocycles. The fourth-order valence-electron chi connectivity index (χ4n) is 3.16. The molecule has 144 valence electrons. The van der Waals surface area contributed by atoms with Crippen molar-refractivity contribution in [2.24, 2.45) is 0 Å². The molecule has 0 radical (unpaired) electrons. The largest absolute Gasteiger partial charge is 0.497 e. The predicted molar refractivity (Wildman–Crippen MR) is 104 cm³/mol. The number of benzene rings is 1. The molecule has 6 nitrogen and oxygen atoms in total. The average molecular weight is 369 g/mol. The minimum atomic E-state index is -0.0904. The SMILES string of the molecule is COc1cccc(CN2CCN(C(=O)c3ccn(C(C)(C)C)c3)CC2=O)c1. The van der Waals surface area contributed by atoms with Crippen LogP contribution in [0.3, 0.4) is 0 Å². The highest BCUT2D eigenvalue weighted by atomic mass is 16.5. The maximum absolute atomic E-state index is 12.8. The maximum Gasteiger partial charge on any atom is 0.255 e. The van der Waals surface area contributed by atoms with E-state index in [0.29, 0.717) is 25.2 Å². The minimum absolute atomic E-state index is 0.0346. The van der Waals surface area contributed by atoms with E-state index in [1.54, 1.807) is 16.9 Å². The third-order valence-corrected chi connectivity index (χ3v) is 4.83. The lowest BCUT2D eigenvalue weighted by atomic mass is 10.1. The summed E-state index contributed by atoms with van der Waals surface area (Å²) in [4.78, 5) is 28.7. The van der Waals surface area contributed by atoms with Crippen molar-refractivity contribution in [2.45, 2.75) is 32.9 Å². The molecule has 2 heterocycles. The Balaban J connectivity index is 1.63. The van der Waals surface area contributed by atoms with E-state index >= 15 is 0 Å². The predicted octanol–water partition coefficient (Wildman–Crippen LogP) is 2.74. The van der Waals surface area contributed by atoms with Gasteiger partial charge in [-0.2, -0.15) is 0 Å². The lowest BCUT2D eigenvalue weighted by Crippen LogP contribution is -2.51. The Hall–Kier alpha value is -2.76. The molecule has 6 heteroatoms. The number of rotatable bonds is 4.